The number of rotatable bonds is 3. The summed E-state index contributed by atoms with van der Waals surface area (Å²) in [5, 5.41) is 20.0. The van der Waals surface area contributed by atoms with Crippen molar-refractivity contribution in [3.63, 3.8) is 0 Å². The molecular weight excluding hydrogens is 330 g/mol. The van der Waals surface area contributed by atoms with Crippen LogP contribution in [0.3, 0.4) is 0 Å². The largest absolute Gasteiger partial charge is 0.323 e. The van der Waals surface area contributed by atoms with Crippen LogP contribution in [0.15, 0.2) is 47.3 Å². The van der Waals surface area contributed by atoms with Gasteiger partial charge in [0.05, 0.1) is 16.6 Å². The van der Waals surface area contributed by atoms with Crippen molar-refractivity contribution in [3.8, 4) is 6.07 Å². The van der Waals surface area contributed by atoms with E-state index in [1.165, 1.54) is 12.1 Å². The summed E-state index contributed by atoms with van der Waals surface area (Å²) in [7, 11) is 0. The van der Waals surface area contributed by atoms with Gasteiger partial charge in [-0.3, -0.25) is 9.59 Å². The van der Waals surface area contributed by atoms with E-state index in [0.29, 0.717) is 15.9 Å². The second-order valence-electron chi connectivity index (χ2n) is 4.92. The lowest BCUT2D eigenvalue weighted by Crippen LogP contribution is -2.30. The van der Waals surface area contributed by atoms with Crippen LogP contribution >= 0.6 is 11.6 Å². The fourth-order valence-corrected chi connectivity index (χ4v) is 2.34. The van der Waals surface area contributed by atoms with Crippen molar-refractivity contribution in [2.24, 2.45) is 0 Å². The van der Waals surface area contributed by atoms with Crippen LogP contribution < -0.4 is 10.9 Å². The van der Waals surface area contributed by atoms with Gasteiger partial charge in [0.25, 0.3) is 5.56 Å². The summed E-state index contributed by atoms with van der Waals surface area (Å²) in [5.41, 5.74) is 0.588. The van der Waals surface area contributed by atoms with Crippen molar-refractivity contribution in [3.05, 3.63) is 63.4 Å². The SMILES string of the molecule is N#Cc1ccc(Cl)cc1NC(=O)Cn1nnc2ccccc2c1=O. The van der Waals surface area contributed by atoms with Gasteiger partial charge >= 0.3 is 0 Å². The van der Waals surface area contributed by atoms with Crippen molar-refractivity contribution >= 4 is 34.1 Å². The predicted molar refractivity (Wildman–Crippen MR) is 88.6 cm³/mol. The maximum Gasteiger partial charge on any atom is 0.278 e. The molecule has 0 aliphatic carbocycles. The first-order chi connectivity index (χ1) is 11.6. The fourth-order valence-electron chi connectivity index (χ4n) is 2.17. The van der Waals surface area contributed by atoms with E-state index in [2.05, 4.69) is 15.6 Å². The van der Waals surface area contributed by atoms with Crippen molar-refractivity contribution in [1.29, 1.82) is 5.26 Å². The van der Waals surface area contributed by atoms with E-state index in [1.54, 1.807) is 30.3 Å². The summed E-state index contributed by atoms with van der Waals surface area (Å²) in [5.74, 6) is -0.513. The third kappa shape index (κ3) is 3.09. The minimum absolute atomic E-state index is 0.268. The molecule has 0 fully saturated rings. The summed E-state index contributed by atoms with van der Waals surface area (Å²) in [6.45, 7) is -0.325. The van der Waals surface area contributed by atoms with Gasteiger partial charge in [-0.25, -0.2) is 4.68 Å². The number of amides is 1. The lowest BCUT2D eigenvalue weighted by molar-refractivity contribution is -0.117. The molecule has 0 aliphatic heterocycles. The van der Waals surface area contributed by atoms with Crippen LogP contribution in [-0.4, -0.2) is 20.9 Å². The van der Waals surface area contributed by atoms with Crippen LogP contribution in [0.5, 0.6) is 0 Å². The Morgan fingerprint density at radius 2 is 2.08 bits per heavy atom. The van der Waals surface area contributed by atoms with Gasteiger partial charge in [-0.2, -0.15) is 5.26 Å². The second-order valence-corrected chi connectivity index (χ2v) is 5.36. The molecule has 0 aliphatic rings. The van der Waals surface area contributed by atoms with Crippen LogP contribution in [-0.2, 0) is 11.3 Å². The first-order valence-corrected chi connectivity index (χ1v) is 7.28. The van der Waals surface area contributed by atoms with Crippen molar-refractivity contribution < 1.29 is 4.79 Å². The lowest BCUT2D eigenvalue weighted by atomic mass is 10.2. The topological polar surface area (TPSA) is 101 Å². The Morgan fingerprint density at radius 3 is 2.88 bits per heavy atom. The average molecular weight is 340 g/mol. The summed E-state index contributed by atoms with van der Waals surface area (Å²) in [4.78, 5) is 24.5. The van der Waals surface area contributed by atoms with Crippen LogP contribution in [0.2, 0.25) is 5.02 Å². The van der Waals surface area contributed by atoms with Crippen molar-refractivity contribution in [1.82, 2.24) is 15.0 Å². The fraction of sp³-hybridized carbons (Fsp3) is 0.0625. The van der Waals surface area contributed by atoms with E-state index in [1.807, 2.05) is 6.07 Å². The number of nitrogens with zero attached hydrogens (tertiary/aromatic N) is 4. The molecule has 3 rings (SSSR count). The minimum atomic E-state index is -0.513. The van der Waals surface area contributed by atoms with Gasteiger partial charge in [0, 0.05) is 5.02 Å². The van der Waals surface area contributed by atoms with Crippen LogP contribution in [0, 0.1) is 11.3 Å². The number of anilines is 1. The van der Waals surface area contributed by atoms with E-state index in [-0.39, 0.29) is 17.8 Å². The maximum atomic E-state index is 12.3. The number of carbonyl (C=O) groups excluding carboxylic acids is 1. The molecule has 118 valence electrons. The Labute approximate surface area is 141 Å². The maximum absolute atomic E-state index is 12.3. The molecule has 0 saturated carbocycles. The highest BCUT2D eigenvalue weighted by molar-refractivity contribution is 6.31. The van der Waals surface area contributed by atoms with Gasteiger partial charge in [-0.1, -0.05) is 28.9 Å². The molecule has 7 nitrogen and oxygen atoms in total. The zero-order valence-corrected chi connectivity index (χ0v) is 13.0. The first-order valence-electron chi connectivity index (χ1n) is 6.90. The first kappa shape index (κ1) is 15.6. The van der Waals surface area contributed by atoms with Gasteiger partial charge in [0.1, 0.15) is 18.1 Å². The molecule has 0 radical (unpaired) electrons. The predicted octanol–water partition coefficient (Wildman–Crippen LogP) is 1.96. The number of carbonyl (C=O) groups is 1. The highest BCUT2D eigenvalue weighted by atomic mass is 35.5. The molecule has 3 aromatic rings. The summed E-state index contributed by atoms with van der Waals surface area (Å²) in [6, 6.07) is 13.2. The summed E-state index contributed by atoms with van der Waals surface area (Å²) >= 11 is 5.87. The van der Waals surface area contributed by atoms with Crippen LogP contribution in [0.1, 0.15) is 5.56 Å². The van der Waals surface area contributed by atoms with Gasteiger partial charge in [0.15, 0.2) is 0 Å². The van der Waals surface area contributed by atoms with E-state index >= 15 is 0 Å². The lowest BCUT2D eigenvalue weighted by Gasteiger charge is -2.08. The third-order valence-corrected chi connectivity index (χ3v) is 3.53. The van der Waals surface area contributed by atoms with E-state index in [4.69, 9.17) is 16.9 Å². The minimum Gasteiger partial charge on any atom is -0.323 e. The average Bonchev–Trinajstić information content (AvgIpc) is 2.58. The Kier molecular flexibility index (Phi) is 4.22. The number of hydrogen-bond donors (Lipinski definition) is 1. The van der Waals surface area contributed by atoms with E-state index < -0.39 is 11.5 Å². The van der Waals surface area contributed by atoms with E-state index in [0.717, 1.165) is 4.68 Å². The molecule has 1 heterocycles. The third-order valence-electron chi connectivity index (χ3n) is 3.30. The molecule has 0 saturated heterocycles. The number of halogens is 1. The Hall–Kier alpha value is -3.24. The van der Waals surface area contributed by atoms with Crippen LogP contribution in [0.25, 0.3) is 10.9 Å². The number of fused-ring (bicyclic) bond motifs is 1. The molecule has 2 aromatic carbocycles. The molecule has 1 N–H and O–H groups in total. The van der Waals surface area contributed by atoms with Gasteiger partial charge in [-0.05, 0) is 30.3 Å². The Bertz CT molecular complexity index is 1040. The Morgan fingerprint density at radius 1 is 1.29 bits per heavy atom. The standard InChI is InChI=1S/C16H10ClN5O2/c17-11-6-5-10(8-18)14(7-11)19-15(23)9-22-16(24)12-3-1-2-4-13(12)20-21-22/h1-7H,9H2,(H,19,23). The van der Waals surface area contributed by atoms with Gasteiger partial charge in [0.2, 0.25) is 5.91 Å². The summed E-state index contributed by atoms with van der Waals surface area (Å²) < 4.78 is 0.967. The molecule has 0 atom stereocenters. The molecule has 0 bridgehead atoms. The number of nitrogens with one attached hydrogen (secondary N) is 1. The smallest absolute Gasteiger partial charge is 0.278 e. The van der Waals surface area contributed by atoms with Gasteiger partial charge in [-0.15, -0.1) is 5.10 Å². The molecule has 0 spiro atoms. The van der Waals surface area contributed by atoms with Crippen molar-refractivity contribution in [2.45, 2.75) is 6.54 Å². The quantitative estimate of drug-likeness (QED) is 0.786. The highest BCUT2D eigenvalue weighted by Crippen LogP contribution is 2.20. The normalized spacial score (nSPS) is 10.3. The molecule has 1 amide bonds. The molecular formula is C16H10ClN5O2. The zero-order chi connectivity index (χ0) is 17.1. The molecule has 8 heteroatoms. The number of hydrogen-bond acceptors (Lipinski definition) is 5. The zero-order valence-electron chi connectivity index (χ0n) is 12.2. The second kappa shape index (κ2) is 6.48. The summed E-state index contributed by atoms with van der Waals surface area (Å²) in [6.07, 6.45) is 0. The number of benzene rings is 2. The Balaban J connectivity index is 1.86. The monoisotopic (exact) mass is 339 g/mol. The number of aromatic nitrogens is 3. The molecule has 1 aromatic heterocycles. The molecule has 24 heavy (non-hydrogen) atoms. The molecule has 0 unspecified atom stereocenters. The van der Waals surface area contributed by atoms with Crippen molar-refractivity contribution in [2.75, 3.05) is 5.32 Å². The highest BCUT2D eigenvalue weighted by Gasteiger charge is 2.11. The van der Waals surface area contributed by atoms with E-state index in [9.17, 15) is 9.59 Å². The number of nitriles is 1. The van der Waals surface area contributed by atoms with Crippen LogP contribution in [0.4, 0.5) is 5.69 Å². The van der Waals surface area contributed by atoms with Gasteiger partial charge < -0.3 is 5.32 Å².